The highest BCUT2D eigenvalue weighted by molar-refractivity contribution is 5.71. The van der Waals surface area contributed by atoms with Crippen LogP contribution in [0.5, 0.6) is 0 Å². The van der Waals surface area contributed by atoms with E-state index in [2.05, 4.69) is 0 Å². The molecule has 2 rings (SSSR count). The lowest BCUT2D eigenvalue weighted by molar-refractivity contribution is -0.385. The summed E-state index contributed by atoms with van der Waals surface area (Å²) >= 11 is 0. The van der Waals surface area contributed by atoms with Crippen molar-refractivity contribution in [3.8, 4) is 0 Å². The molecule has 0 amide bonds. The van der Waals surface area contributed by atoms with Gasteiger partial charge < -0.3 is 9.64 Å². The third-order valence-electron chi connectivity index (χ3n) is 3.56. The maximum atomic E-state index is 14.0. The predicted molar refractivity (Wildman–Crippen MR) is 78.3 cm³/mol. The second-order valence-electron chi connectivity index (χ2n) is 5.08. The van der Waals surface area contributed by atoms with Gasteiger partial charge in [-0.15, -0.1) is 0 Å². The molecule has 0 aromatic heterocycles. The van der Waals surface area contributed by atoms with Gasteiger partial charge in [-0.1, -0.05) is 0 Å². The quantitative estimate of drug-likeness (QED) is 0.463. The van der Waals surface area contributed by atoms with Crippen LogP contribution in [-0.4, -0.2) is 55.1 Å². The van der Waals surface area contributed by atoms with Gasteiger partial charge in [-0.05, 0) is 6.92 Å². The van der Waals surface area contributed by atoms with Crippen molar-refractivity contribution in [1.82, 2.24) is 4.90 Å². The number of hydrogen-bond donors (Lipinski definition) is 0. The first kappa shape index (κ1) is 17.1. The monoisotopic (exact) mass is 329 g/mol. The van der Waals surface area contributed by atoms with Crippen LogP contribution in [0.25, 0.3) is 0 Å². The first-order valence-electron chi connectivity index (χ1n) is 7.18. The Bertz CT molecular complexity index is 581. The summed E-state index contributed by atoms with van der Waals surface area (Å²) in [6, 6.07) is 1.42. The first-order valence-corrected chi connectivity index (χ1v) is 7.18. The molecule has 0 atom stereocenters. The van der Waals surface area contributed by atoms with Gasteiger partial charge in [0.25, 0.3) is 5.69 Å². The fourth-order valence-corrected chi connectivity index (χ4v) is 2.48. The van der Waals surface area contributed by atoms with E-state index < -0.39 is 22.2 Å². The van der Waals surface area contributed by atoms with Crippen molar-refractivity contribution in [3.63, 3.8) is 0 Å². The number of esters is 1. The molecule has 0 saturated carbocycles. The summed E-state index contributed by atoms with van der Waals surface area (Å²) in [7, 11) is 0. The fraction of sp³-hybridized carbons (Fsp3) is 0.500. The van der Waals surface area contributed by atoms with Crippen LogP contribution in [0.2, 0.25) is 0 Å². The Hall–Kier alpha value is -2.29. The molecular weight excluding hydrogens is 312 g/mol. The van der Waals surface area contributed by atoms with Crippen molar-refractivity contribution < 1.29 is 23.2 Å². The van der Waals surface area contributed by atoms with Crippen molar-refractivity contribution in [2.24, 2.45) is 0 Å². The molecule has 126 valence electrons. The number of piperazine rings is 1. The standard InChI is InChI=1S/C14H17F2N3O4/c1-2-23-13(20)9-17-3-5-18(6-4-17)14-11(15)7-10(19(21)22)8-12(14)16/h7-8H,2-6,9H2,1H3. The number of benzene rings is 1. The first-order chi connectivity index (χ1) is 10.9. The Morgan fingerprint density at radius 3 is 2.30 bits per heavy atom. The molecule has 23 heavy (non-hydrogen) atoms. The number of halogens is 2. The number of nitrogens with zero attached hydrogens (tertiary/aromatic N) is 3. The summed E-state index contributed by atoms with van der Waals surface area (Å²) in [6.45, 7) is 3.65. The second-order valence-corrected chi connectivity index (χ2v) is 5.08. The van der Waals surface area contributed by atoms with E-state index in [0.717, 1.165) is 0 Å². The predicted octanol–water partition coefficient (Wildman–Crippen LogP) is 1.56. The van der Waals surface area contributed by atoms with Crippen LogP contribution in [0.3, 0.4) is 0 Å². The molecule has 9 heteroatoms. The SMILES string of the molecule is CCOC(=O)CN1CCN(c2c(F)cc([N+](=O)[O-])cc2F)CC1. The minimum absolute atomic E-state index is 0.132. The lowest BCUT2D eigenvalue weighted by Gasteiger charge is -2.35. The van der Waals surface area contributed by atoms with Gasteiger partial charge in [-0.2, -0.15) is 0 Å². The van der Waals surface area contributed by atoms with Gasteiger partial charge in [0.2, 0.25) is 0 Å². The number of nitro benzene ring substituents is 1. The number of carbonyl (C=O) groups excluding carboxylic acids is 1. The van der Waals surface area contributed by atoms with Crippen LogP contribution in [0.15, 0.2) is 12.1 Å². The van der Waals surface area contributed by atoms with Crippen LogP contribution in [0.4, 0.5) is 20.2 Å². The number of ether oxygens (including phenoxy) is 1. The average molecular weight is 329 g/mol. The molecular formula is C14H17F2N3O4. The van der Waals surface area contributed by atoms with E-state index in [1.807, 2.05) is 4.90 Å². The molecule has 1 aromatic rings. The Labute approximate surface area is 131 Å². The molecule has 0 N–H and O–H groups in total. The molecule has 1 aliphatic rings. The van der Waals surface area contributed by atoms with Gasteiger partial charge in [0.05, 0.1) is 30.2 Å². The largest absolute Gasteiger partial charge is 0.465 e. The normalized spacial score (nSPS) is 15.5. The summed E-state index contributed by atoms with van der Waals surface area (Å²) in [6.07, 6.45) is 0. The van der Waals surface area contributed by atoms with Crippen LogP contribution in [0.1, 0.15) is 6.92 Å². The number of anilines is 1. The number of hydrogen-bond acceptors (Lipinski definition) is 6. The smallest absolute Gasteiger partial charge is 0.320 e. The minimum atomic E-state index is -0.962. The third kappa shape index (κ3) is 4.13. The van der Waals surface area contributed by atoms with Crippen molar-refractivity contribution in [1.29, 1.82) is 0 Å². The summed E-state index contributed by atoms with van der Waals surface area (Å²) in [4.78, 5) is 24.5. The molecule has 0 spiro atoms. The third-order valence-corrected chi connectivity index (χ3v) is 3.56. The highest BCUT2D eigenvalue weighted by Crippen LogP contribution is 2.28. The van der Waals surface area contributed by atoms with Gasteiger partial charge in [0.1, 0.15) is 5.69 Å². The van der Waals surface area contributed by atoms with Gasteiger partial charge >= 0.3 is 5.97 Å². The van der Waals surface area contributed by atoms with Gasteiger partial charge in [0.15, 0.2) is 11.6 Å². The van der Waals surface area contributed by atoms with Crippen molar-refractivity contribution in [2.45, 2.75) is 6.92 Å². The molecule has 1 aromatic carbocycles. The second kappa shape index (κ2) is 7.32. The lowest BCUT2D eigenvalue weighted by atomic mass is 10.2. The summed E-state index contributed by atoms with van der Waals surface area (Å²) in [5.74, 6) is -2.26. The summed E-state index contributed by atoms with van der Waals surface area (Å²) < 4.78 is 32.8. The van der Waals surface area contributed by atoms with E-state index in [0.29, 0.717) is 44.9 Å². The van der Waals surface area contributed by atoms with E-state index in [9.17, 15) is 23.7 Å². The van der Waals surface area contributed by atoms with Crippen LogP contribution in [-0.2, 0) is 9.53 Å². The molecule has 1 saturated heterocycles. The minimum Gasteiger partial charge on any atom is -0.465 e. The Morgan fingerprint density at radius 1 is 1.26 bits per heavy atom. The maximum absolute atomic E-state index is 14.0. The molecule has 7 nitrogen and oxygen atoms in total. The number of non-ortho nitro benzene ring substituents is 1. The highest BCUT2D eigenvalue weighted by Gasteiger charge is 2.25. The van der Waals surface area contributed by atoms with E-state index in [4.69, 9.17) is 4.74 Å². The van der Waals surface area contributed by atoms with E-state index in [1.165, 1.54) is 4.90 Å². The molecule has 0 bridgehead atoms. The fourth-order valence-electron chi connectivity index (χ4n) is 2.48. The van der Waals surface area contributed by atoms with Gasteiger partial charge in [-0.3, -0.25) is 19.8 Å². The molecule has 1 aliphatic heterocycles. The van der Waals surface area contributed by atoms with E-state index in [-0.39, 0.29) is 18.2 Å². The van der Waals surface area contributed by atoms with E-state index in [1.54, 1.807) is 6.92 Å². The maximum Gasteiger partial charge on any atom is 0.320 e. The molecule has 1 heterocycles. The van der Waals surface area contributed by atoms with Gasteiger partial charge in [0, 0.05) is 26.2 Å². The average Bonchev–Trinajstić information content (AvgIpc) is 2.48. The van der Waals surface area contributed by atoms with Crippen molar-refractivity contribution in [2.75, 3.05) is 44.2 Å². The van der Waals surface area contributed by atoms with Crippen molar-refractivity contribution >= 4 is 17.3 Å². The summed E-state index contributed by atoms with van der Waals surface area (Å²) in [5.41, 5.74) is -0.893. The zero-order valence-electron chi connectivity index (χ0n) is 12.6. The lowest BCUT2D eigenvalue weighted by Crippen LogP contribution is -2.48. The van der Waals surface area contributed by atoms with Gasteiger partial charge in [-0.25, -0.2) is 8.78 Å². The Kier molecular flexibility index (Phi) is 5.43. The van der Waals surface area contributed by atoms with Crippen molar-refractivity contribution in [3.05, 3.63) is 33.9 Å². The number of carbonyl (C=O) groups is 1. The van der Waals surface area contributed by atoms with Crippen LogP contribution < -0.4 is 4.90 Å². The zero-order chi connectivity index (χ0) is 17.0. The van der Waals surface area contributed by atoms with E-state index >= 15 is 0 Å². The molecule has 0 aliphatic carbocycles. The highest BCUT2D eigenvalue weighted by atomic mass is 19.1. The Morgan fingerprint density at radius 2 is 1.83 bits per heavy atom. The number of nitro groups is 1. The zero-order valence-corrected chi connectivity index (χ0v) is 12.6. The Balaban J connectivity index is 2.03. The molecule has 0 radical (unpaired) electrons. The number of rotatable bonds is 5. The summed E-state index contributed by atoms with van der Waals surface area (Å²) in [5, 5.41) is 10.6. The van der Waals surface area contributed by atoms with Crippen LogP contribution >= 0.6 is 0 Å². The topological polar surface area (TPSA) is 75.9 Å². The van der Waals surface area contributed by atoms with Crippen LogP contribution in [0, 0.1) is 21.7 Å². The molecule has 0 unspecified atom stereocenters. The molecule has 1 fully saturated rings.